The van der Waals surface area contributed by atoms with E-state index in [0.29, 0.717) is 6.04 Å². The van der Waals surface area contributed by atoms with Crippen LogP contribution in [-0.2, 0) is 6.42 Å². The smallest absolute Gasteiger partial charge is 0.0406 e. The summed E-state index contributed by atoms with van der Waals surface area (Å²) in [6.07, 6.45) is 2.87. The SMILES string of the molecule is C=CC(Cc1ccc(Cl)cc1)NC. The highest BCUT2D eigenvalue weighted by molar-refractivity contribution is 6.30. The molecular formula is C11H14ClN. The summed E-state index contributed by atoms with van der Waals surface area (Å²) in [5.74, 6) is 0. The fourth-order valence-electron chi connectivity index (χ4n) is 1.18. The quantitative estimate of drug-likeness (QED) is 0.729. The Morgan fingerprint density at radius 3 is 2.54 bits per heavy atom. The molecule has 0 aliphatic rings. The summed E-state index contributed by atoms with van der Waals surface area (Å²) in [7, 11) is 1.93. The molecule has 13 heavy (non-hydrogen) atoms. The minimum Gasteiger partial charge on any atom is -0.313 e. The second-order valence-corrected chi connectivity index (χ2v) is 3.40. The van der Waals surface area contributed by atoms with Crippen molar-refractivity contribution in [1.29, 1.82) is 0 Å². The van der Waals surface area contributed by atoms with Gasteiger partial charge >= 0.3 is 0 Å². The summed E-state index contributed by atoms with van der Waals surface area (Å²) < 4.78 is 0. The third-order valence-corrected chi connectivity index (χ3v) is 2.28. The Balaban J connectivity index is 2.63. The van der Waals surface area contributed by atoms with Crippen LogP contribution in [0, 0.1) is 0 Å². The Hall–Kier alpha value is -0.790. The van der Waals surface area contributed by atoms with Gasteiger partial charge in [0.2, 0.25) is 0 Å². The average molecular weight is 196 g/mol. The largest absolute Gasteiger partial charge is 0.313 e. The van der Waals surface area contributed by atoms with Gasteiger partial charge in [-0.15, -0.1) is 6.58 Å². The molecule has 0 spiro atoms. The number of hydrogen-bond donors (Lipinski definition) is 1. The van der Waals surface area contributed by atoms with Crippen LogP contribution < -0.4 is 5.32 Å². The first-order chi connectivity index (χ1) is 6.26. The molecule has 70 valence electrons. The third-order valence-electron chi connectivity index (χ3n) is 2.02. The van der Waals surface area contributed by atoms with Crippen molar-refractivity contribution in [2.75, 3.05) is 7.05 Å². The summed E-state index contributed by atoms with van der Waals surface area (Å²) in [5, 5.41) is 3.94. The van der Waals surface area contributed by atoms with Gasteiger partial charge in [0.25, 0.3) is 0 Å². The minimum absolute atomic E-state index is 0.334. The molecule has 0 saturated heterocycles. The number of nitrogens with one attached hydrogen (secondary N) is 1. The van der Waals surface area contributed by atoms with Crippen LogP contribution in [-0.4, -0.2) is 13.1 Å². The van der Waals surface area contributed by atoms with Gasteiger partial charge in [-0.25, -0.2) is 0 Å². The monoisotopic (exact) mass is 195 g/mol. The number of hydrogen-bond acceptors (Lipinski definition) is 1. The summed E-state index contributed by atoms with van der Waals surface area (Å²) in [5.41, 5.74) is 1.27. The first-order valence-electron chi connectivity index (χ1n) is 4.30. The lowest BCUT2D eigenvalue weighted by Gasteiger charge is -2.10. The number of halogens is 1. The van der Waals surface area contributed by atoms with Crippen LogP contribution in [0.4, 0.5) is 0 Å². The van der Waals surface area contributed by atoms with E-state index in [1.807, 2.05) is 37.4 Å². The van der Waals surface area contributed by atoms with Crippen molar-refractivity contribution in [3.63, 3.8) is 0 Å². The van der Waals surface area contributed by atoms with Gasteiger partial charge < -0.3 is 5.32 Å². The van der Waals surface area contributed by atoms with Crippen LogP contribution >= 0.6 is 11.6 Å². The van der Waals surface area contributed by atoms with Crippen molar-refractivity contribution in [1.82, 2.24) is 5.32 Å². The first-order valence-corrected chi connectivity index (χ1v) is 4.68. The zero-order chi connectivity index (χ0) is 9.68. The van der Waals surface area contributed by atoms with Crippen LogP contribution in [0.5, 0.6) is 0 Å². The van der Waals surface area contributed by atoms with E-state index in [1.165, 1.54) is 5.56 Å². The lowest BCUT2D eigenvalue weighted by Crippen LogP contribution is -2.24. The molecule has 1 unspecified atom stereocenters. The maximum atomic E-state index is 5.78. The molecular weight excluding hydrogens is 182 g/mol. The summed E-state index contributed by atoms with van der Waals surface area (Å²) in [6.45, 7) is 3.76. The Bertz CT molecular complexity index is 266. The van der Waals surface area contributed by atoms with Crippen LogP contribution in [0.1, 0.15) is 5.56 Å². The molecule has 0 radical (unpaired) electrons. The van der Waals surface area contributed by atoms with E-state index >= 15 is 0 Å². The predicted octanol–water partition coefficient (Wildman–Crippen LogP) is 2.66. The van der Waals surface area contributed by atoms with E-state index in [0.717, 1.165) is 11.4 Å². The summed E-state index contributed by atoms with van der Waals surface area (Å²) in [6, 6.07) is 8.23. The molecule has 0 heterocycles. The van der Waals surface area contributed by atoms with Crippen LogP contribution in [0.3, 0.4) is 0 Å². The van der Waals surface area contributed by atoms with Gasteiger partial charge in [0.05, 0.1) is 0 Å². The van der Waals surface area contributed by atoms with E-state index in [-0.39, 0.29) is 0 Å². The Labute approximate surface area is 84.4 Å². The highest BCUT2D eigenvalue weighted by atomic mass is 35.5. The van der Waals surface area contributed by atoms with Gasteiger partial charge in [-0.2, -0.15) is 0 Å². The average Bonchev–Trinajstić information content (AvgIpc) is 2.17. The lowest BCUT2D eigenvalue weighted by atomic mass is 10.1. The molecule has 2 heteroatoms. The normalized spacial score (nSPS) is 12.5. The molecule has 1 rings (SSSR count). The Kier molecular flexibility index (Phi) is 4.00. The van der Waals surface area contributed by atoms with Gasteiger partial charge in [0, 0.05) is 11.1 Å². The van der Waals surface area contributed by atoms with Crippen molar-refractivity contribution in [3.8, 4) is 0 Å². The van der Waals surface area contributed by atoms with E-state index < -0.39 is 0 Å². The molecule has 1 aromatic rings. The van der Waals surface area contributed by atoms with Gasteiger partial charge in [0.1, 0.15) is 0 Å². The summed E-state index contributed by atoms with van der Waals surface area (Å²) in [4.78, 5) is 0. The molecule has 0 fully saturated rings. The van der Waals surface area contributed by atoms with Crippen molar-refractivity contribution in [3.05, 3.63) is 47.5 Å². The molecule has 0 aromatic heterocycles. The zero-order valence-electron chi connectivity index (χ0n) is 7.76. The highest BCUT2D eigenvalue weighted by Gasteiger charge is 2.01. The maximum absolute atomic E-state index is 5.78. The van der Waals surface area contributed by atoms with Crippen LogP contribution in [0.15, 0.2) is 36.9 Å². The van der Waals surface area contributed by atoms with Crippen LogP contribution in [0.2, 0.25) is 5.02 Å². The molecule has 0 saturated carbocycles. The molecule has 1 aromatic carbocycles. The molecule has 1 nitrogen and oxygen atoms in total. The van der Waals surface area contributed by atoms with E-state index in [4.69, 9.17) is 11.6 Å². The van der Waals surface area contributed by atoms with Gasteiger partial charge in [-0.1, -0.05) is 29.8 Å². The van der Waals surface area contributed by atoms with E-state index in [9.17, 15) is 0 Å². The lowest BCUT2D eigenvalue weighted by molar-refractivity contribution is 0.665. The first kappa shape index (κ1) is 10.3. The van der Waals surface area contributed by atoms with Crippen molar-refractivity contribution < 1.29 is 0 Å². The van der Waals surface area contributed by atoms with Gasteiger partial charge in [-0.05, 0) is 31.2 Å². The molecule has 0 aliphatic heterocycles. The van der Waals surface area contributed by atoms with Crippen LogP contribution in [0.25, 0.3) is 0 Å². The summed E-state index contributed by atoms with van der Waals surface area (Å²) >= 11 is 5.78. The Morgan fingerprint density at radius 2 is 2.08 bits per heavy atom. The van der Waals surface area contributed by atoms with Crippen molar-refractivity contribution in [2.45, 2.75) is 12.5 Å². The third kappa shape index (κ3) is 3.21. The maximum Gasteiger partial charge on any atom is 0.0406 e. The standard InChI is InChI=1S/C11H14ClN/c1-3-11(13-2)8-9-4-6-10(12)7-5-9/h3-7,11,13H,1,8H2,2H3. The van der Waals surface area contributed by atoms with Gasteiger partial charge in [-0.3, -0.25) is 0 Å². The molecule has 1 atom stereocenters. The minimum atomic E-state index is 0.334. The number of benzene rings is 1. The number of rotatable bonds is 4. The topological polar surface area (TPSA) is 12.0 Å². The molecule has 0 bridgehead atoms. The van der Waals surface area contributed by atoms with Gasteiger partial charge in [0.15, 0.2) is 0 Å². The fraction of sp³-hybridized carbons (Fsp3) is 0.273. The second-order valence-electron chi connectivity index (χ2n) is 2.96. The molecule has 1 N–H and O–H groups in total. The Morgan fingerprint density at radius 1 is 1.46 bits per heavy atom. The predicted molar refractivity (Wildman–Crippen MR) is 58.2 cm³/mol. The zero-order valence-corrected chi connectivity index (χ0v) is 8.51. The van der Waals surface area contributed by atoms with Crippen molar-refractivity contribution >= 4 is 11.6 Å². The van der Waals surface area contributed by atoms with E-state index in [1.54, 1.807) is 0 Å². The number of likely N-dealkylation sites (N-methyl/N-ethyl adjacent to an activating group) is 1. The fourth-order valence-corrected chi connectivity index (χ4v) is 1.30. The van der Waals surface area contributed by atoms with Crippen molar-refractivity contribution in [2.24, 2.45) is 0 Å². The highest BCUT2D eigenvalue weighted by Crippen LogP contribution is 2.11. The van der Waals surface area contributed by atoms with E-state index in [2.05, 4.69) is 11.9 Å². The molecule has 0 aliphatic carbocycles. The molecule has 0 amide bonds. The second kappa shape index (κ2) is 5.05.